The largest absolute Gasteiger partial charge is 0.493 e. The van der Waals surface area contributed by atoms with Gasteiger partial charge in [-0.2, -0.15) is 0 Å². The average Bonchev–Trinajstić information content (AvgIpc) is 3.40. The molecule has 0 aliphatic rings. The molecular weight excluding hydrogens is 378 g/mol. The van der Waals surface area contributed by atoms with E-state index in [1.807, 2.05) is 24.3 Å². The Kier molecular flexibility index (Phi) is 5.84. The first-order valence-electron chi connectivity index (χ1n) is 10.1. The molecule has 0 fully saturated rings. The van der Waals surface area contributed by atoms with Crippen molar-refractivity contribution in [2.24, 2.45) is 0 Å². The molecule has 2 aromatic heterocycles. The van der Waals surface area contributed by atoms with Crippen molar-refractivity contribution in [3.05, 3.63) is 83.6 Å². The third kappa shape index (κ3) is 4.38. The summed E-state index contributed by atoms with van der Waals surface area (Å²) in [5, 5.41) is 2.89. The van der Waals surface area contributed by atoms with Crippen LogP contribution in [0, 0.1) is 13.8 Å². The first-order chi connectivity index (χ1) is 14.6. The van der Waals surface area contributed by atoms with Crippen LogP contribution in [0.5, 0.6) is 5.75 Å². The molecule has 0 spiro atoms. The lowest BCUT2D eigenvalue weighted by Crippen LogP contribution is -2.24. The summed E-state index contributed by atoms with van der Waals surface area (Å²) in [7, 11) is 0. The Balaban J connectivity index is 1.43. The van der Waals surface area contributed by atoms with Gasteiger partial charge in [-0.05, 0) is 61.7 Å². The monoisotopic (exact) mass is 403 g/mol. The Hall–Kier alpha value is -3.54. The van der Waals surface area contributed by atoms with Gasteiger partial charge in [-0.25, -0.2) is 4.98 Å². The highest BCUT2D eigenvalue weighted by molar-refractivity contribution is 5.91. The van der Waals surface area contributed by atoms with E-state index < -0.39 is 0 Å². The standard InChI is InChI=1S/C24H25N3O3/c1-17-10-11-18(2)22(15-17)30-14-6-12-27-20-8-4-3-7-19(20)26-23(27)16-25-24(28)21-9-5-13-29-21/h3-5,7-11,13,15H,6,12,14,16H2,1-2H3,(H,25,28). The van der Waals surface area contributed by atoms with Crippen LogP contribution >= 0.6 is 0 Å². The molecule has 0 aliphatic carbocycles. The maximum absolute atomic E-state index is 12.2. The van der Waals surface area contributed by atoms with E-state index in [1.165, 1.54) is 11.8 Å². The summed E-state index contributed by atoms with van der Waals surface area (Å²) in [4.78, 5) is 16.9. The van der Waals surface area contributed by atoms with E-state index in [0.29, 0.717) is 18.9 Å². The summed E-state index contributed by atoms with van der Waals surface area (Å²) in [6.07, 6.45) is 2.31. The molecule has 0 atom stereocenters. The summed E-state index contributed by atoms with van der Waals surface area (Å²) < 4.78 is 13.3. The van der Waals surface area contributed by atoms with Crippen LogP contribution in [-0.4, -0.2) is 22.1 Å². The van der Waals surface area contributed by atoms with Crippen molar-refractivity contribution in [2.75, 3.05) is 6.61 Å². The zero-order chi connectivity index (χ0) is 20.9. The van der Waals surface area contributed by atoms with Crippen molar-refractivity contribution in [3.8, 4) is 5.75 Å². The van der Waals surface area contributed by atoms with Gasteiger partial charge in [0.05, 0.1) is 30.4 Å². The molecule has 0 saturated carbocycles. The molecular formula is C24H25N3O3. The summed E-state index contributed by atoms with van der Waals surface area (Å²) in [6, 6.07) is 17.6. The third-order valence-corrected chi connectivity index (χ3v) is 5.01. The highest BCUT2D eigenvalue weighted by atomic mass is 16.5. The van der Waals surface area contributed by atoms with Crippen LogP contribution in [0.25, 0.3) is 11.0 Å². The van der Waals surface area contributed by atoms with Crippen LogP contribution in [0.4, 0.5) is 0 Å². The first-order valence-corrected chi connectivity index (χ1v) is 10.1. The van der Waals surface area contributed by atoms with E-state index in [4.69, 9.17) is 14.1 Å². The van der Waals surface area contributed by atoms with Crippen LogP contribution in [0.2, 0.25) is 0 Å². The molecule has 0 bridgehead atoms. The number of hydrogen-bond donors (Lipinski definition) is 1. The number of nitrogens with zero attached hydrogens (tertiary/aromatic N) is 2. The number of nitrogens with one attached hydrogen (secondary N) is 1. The third-order valence-electron chi connectivity index (χ3n) is 5.01. The fraction of sp³-hybridized carbons (Fsp3) is 0.250. The minimum absolute atomic E-state index is 0.253. The summed E-state index contributed by atoms with van der Waals surface area (Å²) in [5.74, 6) is 1.77. The van der Waals surface area contributed by atoms with Gasteiger partial charge in [-0.15, -0.1) is 0 Å². The Morgan fingerprint density at radius 3 is 2.83 bits per heavy atom. The molecule has 30 heavy (non-hydrogen) atoms. The lowest BCUT2D eigenvalue weighted by Gasteiger charge is -2.12. The minimum atomic E-state index is -0.253. The fourth-order valence-corrected chi connectivity index (χ4v) is 3.43. The van der Waals surface area contributed by atoms with Gasteiger partial charge >= 0.3 is 0 Å². The molecule has 0 radical (unpaired) electrons. The number of hydrogen-bond acceptors (Lipinski definition) is 4. The number of para-hydroxylation sites is 2. The van der Waals surface area contributed by atoms with E-state index in [1.54, 1.807) is 12.1 Å². The smallest absolute Gasteiger partial charge is 0.287 e. The molecule has 2 aromatic carbocycles. The predicted molar refractivity (Wildman–Crippen MR) is 116 cm³/mol. The van der Waals surface area contributed by atoms with E-state index in [0.717, 1.165) is 41.1 Å². The first kappa shape index (κ1) is 19.8. The highest BCUT2D eigenvalue weighted by Crippen LogP contribution is 2.20. The van der Waals surface area contributed by atoms with E-state index in [9.17, 15) is 4.79 Å². The van der Waals surface area contributed by atoms with E-state index in [2.05, 4.69) is 41.9 Å². The molecule has 0 unspecified atom stereocenters. The van der Waals surface area contributed by atoms with Gasteiger partial charge in [0.25, 0.3) is 5.91 Å². The lowest BCUT2D eigenvalue weighted by atomic mass is 10.1. The van der Waals surface area contributed by atoms with Crippen LogP contribution in [0.1, 0.15) is 33.9 Å². The topological polar surface area (TPSA) is 69.3 Å². The van der Waals surface area contributed by atoms with Crippen molar-refractivity contribution in [2.45, 2.75) is 33.4 Å². The number of rotatable bonds is 8. The number of carbonyl (C=O) groups is 1. The fourth-order valence-electron chi connectivity index (χ4n) is 3.43. The Morgan fingerprint density at radius 1 is 1.13 bits per heavy atom. The number of aromatic nitrogens is 2. The second kappa shape index (κ2) is 8.86. The van der Waals surface area contributed by atoms with Crippen LogP contribution < -0.4 is 10.1 Å². The Bertz CT molecular complexity index is 1150. The summed E-state index contributed by atoms with van der Waals surface area (Å²) >= 11 is 0. The van der Waals surface area contributed by atoms with E-state index >= 15 is 0 Å². The van der Waals surface area contributed by atoms with Gasteiger partial charge < -0.3 is 19.0 Å². The van der Waals surface area contributed by atoms with E-state index in [-0.39, 0.29) is 5.91 Å². The highest BCUT2D eigenvalue weighted by Gasteiger charge is 2.13. The lowest BCUT2D eigenvalue weighted by molar-refractivity contribution is 0.0921. The average molecular weight is 403 g/mol. The molecule has 154 valence electrons. The van der Waals surface area contributed by atoms with Crippen molar-refractivity contribution < 1.29 is 13.9 Å². The Labute approximate surface area is 175 Å². The van der Waals surface area contributed by atoms with Crippen molar-refractivity contribution in [1.82, 2.24) is 14.9 Å². The normalized spacial score (nSPS) is 11.0. The number of aryl methyl sites for hydroxylation is 3. The second-order valence-corrected chi connectivity index (χ2v) is 7.30. The molecule has 1 amide bonds. The van der Waals surface area contributed by atoms with Gasteiger partial charge in [0.15, 0.2) is 5.76 Å². The minimum Gasteiger partial charge on any atom is -0.493 e. The molecule has 6 heteroatoms. The Morgan fingerprint density at radius 2 is 2.00 bits per heavy atom. The summed E-state index contributed by atoms with van der Waals surface area (Å²) in [5.41, 5.74) is 4.28. The summed E-state index contributed by atoms with van der Waals surface area (Å²) in [6.45, 7) is 5.80. The molecule has 2 heterocycles. The molecule has 6 nitrogen and oxygen atoms in total. The quantitative estimate of drug-likeness (QED) is 0.435. The molecule has 4 rings (SSSR count). The number of ether oxygens (including phenoxy) is 1. The maximum atomic E-state index is 12.2. The number of fused-ring (bicyclic) bond motifs is 1. The molecule has 1 N–H and O–H groups in total. The molecule has 4 aromatic rings. The van der Waals surface area contributed by atoms with Gasteiger partial charge in [0.2, 0.25) is 0 Å². The number of benzene rings is 2. The van der Waals surface area contributed by atoms with Crippen molar-refractivity contribution in [1.29, 1.82) is 0 Å². The number of carbonyl (C=O) groups excluding carboxylic acids is 1. The maximum Gasteiger partial charge on any atom is 0.287 e. The van der Waals surface area contributed by atoms with Crippen LogP contribution in [0.3, 0.4) is 0 Å². The second-order valence-electron chi connectivity index (χ2n) is 7.30. The zero-order valence-electron chi connectivity index (χ0n) is 17.2. The van der Waals surface area contributed by atoms with Crippen molar-refractivity contribution >= 4 is 16.9 Å². The number of furan rings is 1. The van der Waals surface area contributed by atoms with Gasteiger partial charge in [0.1, 0.15) is 11.6 Å². The predicted octanol–water partition coefficient (Wildman–Crippen LogP) is 4.65. The van der Waals surface area contributed by atoms with Crippen LogP contribution in [0.15, 0.2) is 65.3 Å². The molecule has 0 aliphatic heterocycles. The SMILES string of the molecule is Cc1ccc(C)c(OCCCn2c(CNC(=O)c3ccco3)nc3ccccc32)c1. The van der Waals surface area contributed by atoms with Gasteiger partial charge in [-0.1, -0.05) is 24.3 Å². The zero-order valence-corrected chi connectivity index (χ0v) is 17.2. The van der Waals surface area contributed by atoms with Gasteiger partial charge in [-0.3, -0.25) is 4.79 Å². The number of amides is 1. The number of imidazole rings is 1. The molecule has 0 saturated heterocycles. The van der Waals surface area contributed by atoms with Crippen molar-refractivity contribution in [3.63, 3.8) is 0 Å². The van der Waals surface area contributed by atoms with Crippen LogP contribution in [-0.2, 0) is 13.1 Å². The van der Waals surface area contributed by atoms with Gasteiger partial charge in [0, 0.05) is 6.54 Å².